The second kappa shape index (κ2) is 12.3. The van der Waals surface area contributed by atoms with Gasteiger partial charge in [0.1, 0.15) is 6.61 Å². The number of nitrogens with zero attached hydrogens (tertiary/aromatic N) is 1. The van der Waals surface area contributed by atoms with Crippen LogP contribution in [0.5, 0.6) is 11.5 Å². The molecule has 0 bridgehead atoms. The molecule has 0 fully saturated rings. The zero-order valence-electron chi connectivity index (χ0n) is 17.8. The van der Waals surface area contributed by atoms with Crippen LogP contribution in [0.25, 0.3) is 0 Å². The minimum Gasteiger partial charge on any atom is -0.493 e. The monoisotopic (exact) mass is 566 g/mol. The van der Waals surface area contributed by atoms with E-state index in [4.69, 9.17) is 32.7 Å². The van der Waals surface area contributed by atoms with Gasteiger partial charge >= 0.3 is 0 Å². The van der Waals surface area contributed by atoms with Gasteiger partial charge in [-0.3, -0.25) is 4.79 Å². The summed E-state index contributed by atoms with van der Waals surface area (Å²) >= 11 is 17.1. The van der Waals surface area contributed by atoms with E-state index in [1.165, 1.54) is 11.8 Å². The molecular weight excluding hydrogens is 547 g/mol. The van der Waals surface area contributed by atoms with Gasteiger partial charge in [-0.25, -0.2) is 5.43 Å². The summed E-state index contributed by atoms with van der Waals surface area (Å²) in [4.78, 5) is 13.4. The van der Waals surface area contributed by atoms with Gasteiger partial charge in [0.05, 0.1) is 23.0 Å². The highest BCUT2D eigenvalue weighted by Crippen LogP contribution is 2.37. The number of carbonyl (C=O) groups excluding carboxylic acids is 1. The van der Waals surface area contributed by atoms with Crippen molar-refractivity contribution in [3.63, 3.8) is 0 Å². The molecular formula is C24H21BrCl2N2O3S. The van der Waals surface area contributed by atoms with Gasteiger partial charge < -0.3 is 9.47 Å². The molecule has 9 heteroatoms. The molecule has 3 rings (SSSR count). The minimum absolute atomic E-state index is 0.189. The van der Waals surface area contributed by atoms with Gasteiger partial charge in [-0.2, -0.15) is 5.10 Å². The van der Waals surface area contributed by atoms with Gasteiger partial charge in [-0.1, -0.05) is 47.5 Å². The number of amides is 1. The molecule has 0 heterocycles. The van der Waals surface area contributed by atoms with Gasteiger partial charge in [-0.15, -0.1) is 11.8 Å². The van der Waals surface area contributed by atoms with Gasteiger partial charge in [-0.05, 0) is 64.8 Å². The fourth-order valence-corrected chi connectivity index (χ4v) is 4.68. The number of methoxy groups -OCH3 is 1. The Labute approximate surface area is 215 Å². The number of carbonyl (C=O) groups is 1. The topological polar surface area (TPSA) is 59.9 Å². The first-order valence-electron chi connectivity index (χ1n) is 9.86. The van der Waals surface area contributed by atoms with E-state index in [9.17, 15) is 4.79 Å². The quantitative estimate of drug-likeness (QED) is 0.172. The van der Waals surface area contributed by atoms with Crippen molar-refractivity contribution in [1.82, 2.24) is 5.43 Å². The molecule has 3 aromatic rings. The summed E-state index contributed by atoms with van der Waals surface area (Å²) < 4.78 is 12.1. The predicted octanol–water partition coefficient (Wildman–Crippen LogP) is 6.97. The van der Waals surface area contributed by atoms with Crippen LogP contribution in [0.3, 0.4) is 0 Å². The lowest BCUT2D eigenvalue weighted by atomic mass is 10.2. The summed E-state index contributed by atoms with van der Waals surface area (Å²) in [6, 6.07) is 18.6. The third-order valence-electron chi connectivity index (χ3n) is 4.45. The smallest absolute Gasteiger partial charge is 0.253 e. The first-order valence-corrected chi connectivity index (χ1v) is 12.3. The van der Waals surface area contributed by atoms with Crippen LogP contribution in [0.2, 0.25) is 10.0 Å². The standard InChI is InChI=1S/C24H21BrCl2N2O3S/c1-15(33-19-6-4-3-5-7-19)24(30)29-28-13-16-10-20(25)23(22(11-16)31-2)32-14-17-8-9-18(26)12-21(17)27/h3-13,15H,14H2,1-2H3,(H,29,30)/b28-13-/t15-/m0/s1. The SMILES string of the molecule is COc1cc(/C=N\NC(=O)[C@H](C)Sc2ccccc2)cc(Br)c1OCc1ccc(Cl)cc1Cl. The van der Waals surface area contributed by atoms with Crippen molar-refractivity contribution >= 4 is 63.0 Å². The van der Waals surface area contributed by atoms with E-state index in [1.54, 1.807) is 31.5 Å². The van der Waals surface area contributed by atoms with Gasteiger partial charge in [0, 0.05) is 20.5 Å². The Morgan fingerprint density at radius 1 is 1.18 bits per heavy atom. The summed E-state index contributed by atoms with van der Waals surface area (Å²) in [6.07, 6.45) is 1.55. The highest BCUT2D eigenvalue weighted by atomic mass is 79.9. The Kier molecular flexibility index (Phi) is 9.50. The van der Waals surface area contributed by atoms with Crippen molar-refractivity contribution < 1.29 is 14.3 Å². The number of hydrogen-bond donors (Lipinski definition) is 1. The maximum atomic E-state index is 12.3. The number of benzene rings is 3. The fraction of sp³-hybridized carbons (Fsp3) is 0.167. The lowest BCUT2D eigenvalue weighted by Gasteiger charge is -2.14. The molecule has 0 saturated heterocycles. The molecule has 33 heavy (non-hydrogen) atoms. The second-order valence-corrected chi connectivity index (χ2v) is 9.98. The number of thioether (sulfide) groups is 1. The highest BCUT2D eigenvalue weighted by Gasteiger charge is 2.15. The molecule has 1 N–H and O–H groups in total. The summed E-state index contributed by atoms with van der Waals surface area (Å²) in [6.45, 7) is 2.08. The van der Waals surface area contributed by atoms with Gasteiger partial charge in [0.15, 0.2) is 11.5 Å². The first-order chi connectivity index (χ1) is 15.9. The maximum absolute atomic E-state index is 12.3. The second-order valence-electron chi connectivity index (χ2n) is 6.87. The van der Waals surface area contributed by atoms with Crippen molar-refractivity contribution in [1.29, 1.82) is 0 Å². The van der Waals surface area contributed by atoms with Crippen LogP contribution in [0.1, 0.15) is 18.1 Å². The van der Waals surface area contributed by atoms with Crippen LogP contribution in [0.4, 0.5) is 0 Å². The Hall–Kier alpha value is -2.19. The fourth-order valence-electron chi connectivity index (χ4n) is 2.76. The minimum atomic E-state index is -0.290. The summed E-state index contributed by atoms with van der Waals surface area (Å²) in [7, 11) is 1.55. The molecule has 0 spiro atoms. The van der Waals surface area contributed by atoms with Crippen molar-refractivity contribution in [2.24, 2.45) is 5.10 Å². The van der Waals surface area contributed by atoms with Gasteiger partial charge in [0.25, 0.3) is 5.91 Å². The average Bonchev–Trinajstić information content (AvgIpc) is 2.79. The molecule has 0 radical (unpaired) electrons. The number of rotatable bonds is 9. The molecule has 3 aromatic carbocycles. The van der Waals surface area contributed by atoms with Crippen molar-refractivity contribution in [2.75, 3.05) is 7.11 Å². The van der Waals surface area contributed by atoms with Crippen molar-refractivity contribution in [3.05, 3.63) is 86.3 Å². The summed E-state index contributed by atoms with van der Waals surface area (Å²) in [5, 5.41) is 4.87. The first kappa shape index (κ1) is 25.4. The van der Waals surface area contributed by atoms with Crippen LogP contribution < -0.4 is 14.9 Å². The Bertz CT molecular complexity index is 1150. The van der Waals surface area contributed by atoms with E-state index in [1.807, 2.05) is 49.4 Å². The maximum Gasteiger partial charge on any atom is 0.253 e. The number of hydrogen-bond acceptors (Lipinski definition) is 5. The molecule has 1 atom stereocenters. The van der Waals surface area contributed by atoms with E-state index in [0.717, 1.165) is 16.0 Å². The van der Waals surface area contributed by atoms with Crippen LogP contribution in [-0.4, -0.2) is 24.5 Å². The van der Waals surface area contributed by atoms with Crippen LogP contribution >= 0.6 is 50.9 Å². The van der Waals surface area contributed by atoms with Crippen LogP contribution in [0, 0.1) is 0 Å². The molecule has 0 saturated carbocycles. The molecule has 0 aliphatic rings. The molecule has 172 valence electrons. The summed E-state index contributed by atoms with van der Waals surface area (Å²) in [5.74, 6) is 0.846. The molecule has 0 aromatic heterocycles. The Morgan fingerprint density at radius 3 is 2.64 bits per heavy atom. The van der Waals surface area contributed by atoms with E-state index in [-0.39, 0.29) is 17.8 Å². The van der Waals surface area contributed by atoms with E-state index < -0.39 is 0 Å². The Balaban J connectivity index is 1.63. The predicted molar refractivity (Wildman–Crippen MR) is 139 cm³/mol. The lowest BCUT2D eigenvalue weighted by Crippen LogP contribution is -2.26. The van der Waals surface area contributed by atoms with E-state index >= 15 is 0 Å². The van der Waals surface area contributed by atoms with E-state index in [2.05, 4.69) is 26.5 Å². The number of ether oxygens (including phenoxy) is 2. The van der Waals surface area contributed by atoms with Gasteiger partial charge in [0.2, 0.25) is 0 Å². The zero-order valence-corrected chi connectivity index (χ0v) is 21.8. The molecule has 1 amide bonds. The van der Waals surface area contributed by atoms with Crippen LogP contribution in [0.15, 0.2) is 75.1 Å². The molecule has 5 nitrogen and oxygen atoms in total. The lowest BCUT2D eigenvalue weighted by molar-refractivity contribution is -0.120. The summed E-state index contributed by atoms with van der Waals surface area (Å²) in [5.41, 5.74) is 4.10. The molecule has 0 aliphatic carbocycles. The Morgan fingerprint density at radius 2 is 1.94 bits per heavy atom. The van der Waals surface area contributed by atoms with Crippen molar-refractivity contribution in [2.45, 2.75) is 23.7 Å². The highest BCUT2D eigenvalue weighted by molar-refractivity contribution is 9.10. The molecule has 0 aliphatic heterocycles. The average molecular weight is 568 g/mol. The van der Waals surface area contributed by atoms with Crippen molar-refractivity contribution in [3.8, 4) is 11.5 Å². The van der Waals surface area contributed by atoms with E-state index in [0.29, 0.717) is 26.0 Å². The third kappa shape index (κ3) is 7.40. The number of hydrazone groups is 1. The third-order valence-corrected chi connectivity index (χ3v) is 6.74. The largest absolute Gasteiger partial charge is 0.493 e. The molecule has 0 unspecified atom stereocenters. The van der Waals surface area contributed by atoms with Crippen LogP contribution in [-0.2, 0) is 11.4 Å². The normalized spacial score (nSPS) is 11.9. The number of halogens is 3. The number of nitrogens with one attached hydrogen (secondary N) is 1. The zero-order chi connectivity index (χ0) is 23.8.